The fraction of sp³-hybridized carbons (Fsp3) is 0.375. The topological polar surface area (TPSA) is 51.3 Å². The van der Waals surface area contributed by atoms with Crippen LogP contribution in [0.15, 0.2) is 16.9 Å². The van der Waals surface area contributed by atoms with E-state index in [1.165, 1.54) is 7.11 Å². The maximum Gasteiger partial charge on any atom is 0.253 e. The van der Waals surface area contributed by atoms with Crippen LogP contribution in [0.3, 0.4) is 0 Å². The third-order valence-corrected chi connectivity index (χ3v) is 1.47. The lowest BCUT2D eigenvalue weighted by molar-refractivity contribution is -0.282. The van der Waals surface area contributed by atoms with Crippen LogP contribution < -0.4 is 5.56 Å². The minimum atomic E-state index is -0.132. The maximum atomic E-state index is 11.2. The number of aryl methyl sites for hydroxylation is 1. The molecular formula is C8H11NO3. The molecule has 0 spiro atoms. The molecule has 12 heavy (non-hydrogen) atoms. The quantitative estimate of drug-likeness (QED) is 0.537. The smallest absolute Gasteiger partial charge is 0.253 e. The summed E-state index contributed by atoms with van der Waals surface area (Å²) >= 11 is 0. The van der Waals surface area contributed by atoms with Gasteiger partial charge in [-0.1, -0.05) is 0 Å². The standard InChI is InChI=1S/C8H11NO3/c1-6-3-4-7(5-12-11-2)8(10)9-6/h3-4H,5H2,1-2H3,(H,9,10). The summed E-state index contributed by atoms with van der Waals surface area (Å²) in [7, 11) is 1.41. The molecule has 0 aliphatic heterocycles. The zero-order valence-electron chi connectivity index (χ0n) is 7.09. The third-order valence-electron chi connectivity index (χ3n) is 1.47. The second kappa shape index (κ2) is 4.04. The number of H-pyrrole nitrogens is 1. The van der Waals surface area contributed by atoms with E-state index < -0.39 is 0 Å². The number of rotatable bonds is 3. The fourth-order valence-corrected chi connectivity index (χ4v) is 0.838. The van der Waals surface area contributed by atoms with E-state index >= 15 is 0 Å². The highest BCUT2D eigenvalue weighted by molar-refractivity contribution is 5.12. The summed E-state index contributed by atoms with van der Waals surface area (Å²) in [5, 5.41) is 0. The van der Waals surface area contributed by atoms with Gasteiger partial charge >= 0.3 is 0 Å². The van der Waals surface area contributed by atoms with Gasteiger partial charge in [-0.3, -0.25) is 4.79 Å². The molecule has 4 heteroatoms. The number of pyridine rings is 1. The maximum absolute atomic E-state index is 11.2. The predicted molar refractivity (Wildman–Crippen MR) is 43.6 cm³/mol. The minimum absolute atomic E-state index is 0.132. The molecule has 0 saturated carbocycles. The number of hydrogen-bond acceptors (Lipinski definition) is 3. The lowest BCUT2D eigenvalue weighted by Gasteiger charge is -1.99. The lowest BCUT2D eigenvalue weighted by atomic mass is 10.3. The first-order valence-corrected chi connectivity index (χ1v) is 3.58. The Kier molecular flexibility index (Phi) is 3.01. The van der Waals surface area contributed by atoms with Crippen molar-refractivity contribution >= 4 is 0 Å². The normalized spacial score (nSPS) is 10.2. The van der Waals surface area contributed by atoms with Gasteiger partial charge in [-0.2, -0.15) is 0 Å². The molecule has 0 aliphatic carbocycles. The van der Waals surface area contributed by atoms with E-state index in [1.807, 2.05) is 13.0 Å². The number of aromatic amines is 1. The summed E-state index contributed by atoms with van der Waals surface area (Å²) in [5.41, 5.74) is 1.26. The lowest BCUT2D eigenvalue weighted by Crippen LogP contribution is -2.13. The van der Waals surface area contributed by atoms with Crippen molar-refractivity contribution in [2.75, 3.05) is 7.11 Å². The van der Waals surface area contributed by atoms with Crippen molar-refractivity contribution in [1.82, 2.24) is 4.98 Å². The van der Waals surface area contributed by atoms with E-state index in [0.29, 0.717) is 5.56 Å². The molecule has 0 saturated heterocycles. The SMILES string of the molecule is COOCc1ccc(C)[nH]c1=O. The number of nitrogens with one attached hydrogen (secondary N) is 1. The summed E-state index contributed by atoms with van der Waals surface area (Å²) in [4.78, 5) is 22.8. The van der Waals surface area contributed by atoms with Crippen molar-refractivity contribution in [2.24, 2.45) is 0 Å². The van der Waals surface area contributed by atoms with Crippen LogP contribution in [0.5, 0.6) is 0 Å². The highest BCUT2D eigenvalue weighted by Crippen LogP contribution is 1.95. The van der Waals surface area contributed by atoms with Crippen LogP contribution in [0.4, 0.5) is 0 Å². The minimum Gasteiger partial charge on any atom is -0.326 e. The van der Waals surface area contributed by atoms with Gasteiger partial charge in [0.15, 0.2) is 0 Å². The van der Waals surface area contributed by atoms with Gasteiger partial charge in [0.05, 0.1) is 7.11 Å². The van der Waals surface area contributed by atoms with Crippen LogP contribution in [-0.2, 0) is 16.4 Å². The summed E-state index contributed by atoms with van der Waals surface area (Å²) in [6.45, 7) is 1.99. The first-order chi connectivity index (χ1) is 5.74. The molecule has 66 valence electrons. The van der Waals surface area contributed by atoms with Crippen molar-refractivity contribution in [3.05, 3.63) is 33.7 Å². The molecular weight excluding hydrogens is 158 g/mol. The molecule has 1 N–H and O–H groups in total. The number of hydrogen-bond donors (Lipinski definition) is 1. The van der Waals surface area contributed by atoms with Crippen molar-refractivity contribution in [1.29, 1.82) is 0 Å². The zero-order valence-corrected chi connectivity index (χ0v) is 7.09. The molecule has 0 unspecified atom stereocenters. The average Bonchev–Trinajstić information content (AvgIpc) is 2.03. The molecule has 0 amide bonds. The number of aromatic nitrogens is 1. The van der Waals surface area contributed by atoms with Crippen LogP contribution in [-0.4, -0.2) is 12.1 Å². The van der Waals surface area contributed by atoms with E-state index in [1.54, 1.807) is 6.07 Å². The Labute approximate surface area is 70.1 Å². The van der Waals surface area contributed by atoms with Crippen LogP contribution in [0.1, 0.15) is 11.3 Å². The molecule has 0 radical (unpaired) electrons. The Balaban J connectivity index is 2.80. The first-order valence-electron chi connectivity index (χ1n) is 3.58. The Morgan fingerprint density at radius 3 is 2.83 bits per heavy atom. The molecule has 1 aromatic heterocycles. The van der Waals surface area contributed by atoms with Crippen molar-refractivity contribution in [3.63, 3.8) is 0 Å². The van der Waals surface area contributed by atoms with Gasteiger partial charge in [0, 0.05) is 11.3 Å². The monoisotopic (exact) mass is 169 g/mol. The third kappa shape index (κ3) is 2.18. The summed E-state index contributed by atoms with van der Waals surface area (Å²) in [6.07, 6.45) is 0. The molecule has 0 fully saturated rings. The first kappa shape index (κ1) is 8.96. The second-order valence-corrected chi connectivity index (χ2v) is 2.42. The summed E-state index contributed by atoms with van der Waals surface area (Å²) < 4.78 is 0. The van der Waals surface area contributed by atoms with Gasteiger partial charge < -0.3 is 4.98 Å². The van der Waals surface area contributed by atoms with Gasteiger partial charge in [0.2, 0.25) is 0 Å². The van der Waals surface area contributed by atoms with Gasteiger partial charge in [0.1, 0.15) is 6.61 Å². The van der Waals surface area contributed by atoms with Gasteiger partial charge in [-0.05, 0) is 19.1 Å². The Hall–Kier alpha value is -1.13. The van der Waals surface area contributed by atoms with Crippen LogP contribution in [0.2, 0.25) is 0 Å². The predicted octanol–water partition coefficient (Wildman–Crippen LogP) is 0.761. The van der Waals surface area contributed by atoms with E-state index in [9.17, 15) is 4.79 Å². The molecule has 1 rings (SSSR count). The van der Waals surface area contributed by atoms with Crippen LogP contribution >= 0.6 is 0 Å². The Morgan fingerprint density at radius 2 is 2.25 bits per heavy atom. The second-order valence-electron chi connectivity index (χ2n) is 2.42. The van der Waals surface area contributed by atoms with Gasteiger partial charge in [0.25, 0.3) is 5.56 Å². The van der Waals surface area contributed by atoms with Crippen molar-refractivity contribution in [2.45, 2.75) is 13.5 Å². The molecule has 0 aliphatic rings. The van der Waals surface area contributed by atoms with E-state index in [2.05, 4.69) is 14.8 Å². The van der Waals surface area contributed by atoms with Crippen molar-refractivity contribution in [3.8, 4) is 0 Å². The molecule has 0 atom stereocenters. The molecule has 1 heterocycles. The van der Waals surface area contributed by atoms with E-state index in [-0.39, 0.29) is 12.2 Å². The molecule has 1 aromatic rings. The molecule has 0 aromatic carbocycles. The summed E-state index contributed by atoms with van der Waals surface area (Å²) in [6, 6.07) is 3.53. The fourth-order valence-electron chi connectivity index (χ4n) is 0.838. The van der Waals surface area contributed by atoms with Crippen LogP contribution in [0, 0.1) is 6.92 Å². The van der Waals surface area contributed by atoms with E-state index in [4.69, 9.17) is 0 Å². The summed E-state index contributed by atoms with van der Waals surface area (Å²) in [5.74, 6) is 0. The molecule has 4 nitrogen and oxygen atoms in total. The van der Waals surface area contributed by atoms with E-state index in [0.717, 1.165) is 5.69 Å². The largest absolute Gasteiger partial charge is 0.326 e. The van der Waals surface area contributed by atoms with Gasteiger partial charge in [-0.25, -0.2) is 9.78 Å². The highest BCUT2D eigenvalue weighted by atomic mass is 17.2. The average molecular weight is 169 g/mol. The zero-order chi connectivity index (χ0) is 8.97. The van der Waals surface area contributed by atoms with Crippen molar-refractivity contribution < 1.29 is 9.78 Å². The Morgan fingerprint density at radius 1 is 1.50 bits per heavy atom. The van der Waals surface area contributed by atoms with Crippen LogP contribution in [0.25, 0.3) is 0 Å². The highest BCUT2D eigenvalue weighted by Gasteiger charge is 1.98. The molecule has 0 bridgehead atoms. The van der Waals surface area contributed by atoms with Gasteiger partial charge in [-0.15, -0.1) is 0 Å². The Bertz CT molecular complexity index is 305.